The Balaban J connectivity index is 1.37. The molecule has 1 aliphatic carbocycles. The highest BCUT2D eigenvalue weighted by molar-refractivity contribution is 5.94. The third-order valence-corrected chi connectivity index (χ3v) is 5.90. The molecule has 4 aromatic rings. The Labute approximate surface area is 167 Å². The van der Waals surface area contributed by atoms with E-state index in [4.69, 9.17) is 4.98 Å². The molecule has 144 valence electrons. The second-order valence-electron chi connectivity index (χ2n) is 7.94. The van der Waals surface area contributed by atoms with Crippen LogP contribution < -0.4 is 0 Å². The summed E-state index contributed by atoms with van der Waals surface area (Å²) in [7, 11) is 1.99. The van der Waals surface area contributed by atoms with Gasteiger partial charge in [0.1, 0.15) is 5.52 Å². The molecule has 4 heterocycles. The van der Waals surface area contributed by atoms with Gasteiger partial charge in [-0.25, -0.2) is 15.0 Å². The van der Waals surface area contributed by atoms with Crippen LogP contribution in [0.3, 0.4) is 0 Å². The summed E-state index contributed by atoms with van der Waals surface area (Å²) in [5, 5.41) is 0. The second-order valence-corrected chi connectivity index (χ2v) is 7.94. The first-order chi connectivity index (χ1) is 14.2. The molecule has 1 saturated carbocycles. The van der Waals surface area contributed by atoms with Crippen LogP contribution in [0.25, 0.3) is 38.9 Å². The molecular formula is C22H20N6O. The molecule has 6 rings (SSSR count). The van der Waals surface area contributed by atoms with Crippen LogP contribution in [0.5, 0.6) is 0 Å². The molecule has 1 amide bonds. The molecule has 2 aliphatic rings. The molecule has 0 bridgehead atoms. The fraction of sp³-hybridized carbons (Fsp3) is 0.273. The summed E-state index contributed by atoms with van der Waals surface area (Å²) in [6.07, 6.45) is 9.74. The Morgan fingerprint density at radius 3 is 3.00 bits per heavy atom. The number of carbonyl (C=O) groups is 1. The highest BCUT2D eigenvalue weighted by Crippen LogP contribution is 2.34. The number of H-pyrrole nitrogens is 1. The molecule has 1 fully saturated rings. The predicted molar refractivity (Wildman–Crippen MR) is 111 cm³/mol. The molecule has 0 saturated heterocycles. The SMILES string of the molecule is Cn1cnc2ccc(-c3c[nH]c4ncc(C5=CCN(C(=O)C6CC6)C5)nc34)cc21. The summed E-state index contributed by atoms with van der Waals surface area (Å²) < 4.78 is 2.01. The Hall–Kier alpha value is -3.48. The number of imidazole rings is 1. The number of fused-ring (bicyclic) bond motifs is 2. The minimum Gasteiger partial charge on any atom is -0.344 e. The lowest BCUT2D eigenvalue weighted by atomic mass is 10.1. The van der Waals surface area contributed by atoms with E-state index in [1.54, 1.807) is 6.20 Å². The van der Waals surface area contributed by atoms with Gasteiger partial charge in [0.15, 0.2) is 5.65 Å². The van der Waals surface area contributed by atoms with Gasteiger partial charge in [0.05, 0.1) is 29.3 Å². The zero-order valence-electron chi connectivity index (χ0n) is 16.1. The van der Waals surface area contributed by atoms with Crippen LogP contribution in [0.4, 0.5) is 0 Å². The van der Waals surface area contributed by atoms with Gasteiger partial charge in [-0.05, 0) is 36.1 Å². The zero-order valence-corrected chi connectivity index (χ0v) is 16.1. The average Bonchev–Trinajstić information content (AvgIpc) is 3.16. The molecule has 0 unspecified atom stereocenters. The Morgan fingerprint density at radius 2 is 2.14 bits per heavy atom. The highest BCUT2D eigenvalue weighted by Gasteiger charge is 2.35. The fourth-order valence-corrected chi connectivity index (χ4v) is 4.06. The zero-order chi connectivity index (χ0) is 19.5. The number of hydrogen-bond donors (Lipinski definition) is 1. The number of hydrogen-bond acceptors (Lipinski definition) is 4. The van der Waals surface area contributed by atoms with Gasteiger partial charge in [0.25, 0.3) is 0 Å². The first kappa shape index (κ1) is 16.5. The van der Waals surface area contributed by atoms with Crippen molar-refractivity contribution in [2.45, 2.75) is 12.8 Å². The van der Waals surface area contributed by atoms with Crippen LogP contribution in [-0.2, 0) is 11.8 Å². The van der Waals surface area contributed by atoms with Gasteiger partial charge in [-0.15, -0.1) is 0 Å². The standard InChI is InChI=1S/C22H20N6O/c1-27-12-25-17-5-4-14(8-19(17)27)16-9-23-21-20(16)26-18(10-24-21)15-6-7-28(11-15)22(29)13-2-3-13/h4-6,8-10,12-13H,2-3,7,11H2,1H3,(H,23,24). The quantitative estimate of drug-likeness (QED) is 0.588. The molecule has 1 N–H and O–H groups in total. The number of aromatic amines is 1. The van der Waals surface area contributed by atoms with Gasteiger partial charge >= 0.3 is 0 Å². The molecule has 0 radical (unpaired) electrons. The molecule has 29 heavy (non-hydrogen) atoms. The Kier molecular flexibility index (Phi) is 3.41. The monoisotopic (exact) mass is 384 g/mol. The topological polar surface area (TPSA) is 79.7 Å². The van der Waals surface area contributed by atoms with Crippen LogP contribution in [0, 0.1) is 5.92 Å². The molecule has 3 aromatic heterocycles. The maximum absolute atomic E-state index is 12.4. The normalized spacial score (nSPS) is 16.7. The molecule has 0 spiro atoms. The smallest absolute Gasteiger partial charge is 0.226 e. The number of aromatic nitrogens is 5. The summed E-state index contributed by atoms with van der Waals surface area (Å²) in [4.78, 5) is 31.4. The summed E-state index contributed by atoms with van der Waals surface area (Å²) in [5.41, 5.74) is 7.66. The van der Waals surface area contributed by atoms with E-state index >= 15 is 0 Å². The van der Waals surface area contributed by atoms with E-state index in [2.05, 4.69) is 33.2 Å². The molecule has 1 aromatic carbocycles. The van der Waals surface area contributed by atoms with Crippen molar-refractivity contribution >= 4 is 33.7 Å². The average molecular weight is 384 g/mol. The van der Waals surface area contributed by atoms with Gasteiger partial charge in [-0.2, -0.15) is 0 Å². The highest BCUT2D eigenvalue weighted by atomic mass is 16.2. The lowest BCUT2D eigenvalue weighted by molar-refractivity contribution is -0.131. The summed E-state index contributed by atoms with van der Waals surface area (Å²) >= 11 is 0. The first-order valence-electron chi connectivity index (χ1n) is 9.91. The third kappa shape index (κ3) is 2.65. The van der Waals surface area contributed by atoms with Gasteiger partial charge in [0, 0.05) is 37.8 Å². The van der Waals surface area contributed by atoms with Crippen molar-refractivity contribution in [2.24, 2.45) is 13.0 Å². The van der Waals surface area contributed by atoms with E-state index in [-0.39, 0.29) is 11.8 Å². The third-order valence-electron chi connectivity index (χ3n) is 5.90. The minimum absolute atomic E-state index is 0.245. The molecular weight excluding hydrogens is 364 g/mol. The minimum atomic E-state index is 0.245. The number of carbonyl (C=O) groups excluding carboxylic acids is 1. The van der Waals surface area contributed by atoms with E-state index < -0.39 is 0 Å². The van der Waals surface area contributed by atoms with Crippen LogP contribution in [0.2, 0.25) is 0 Å². The van der Waals surface area contributed by atoms with Crippen molar-refractivity contribution < 1.29 is 4.79 Å². The van der Waals surface area contributed by atoms with Gasteiger partial charge in [-0.1, -0.05) is 12.1 Å². The maximum Gasteiger partial charge on any atom is 0.226 e. The number of rotatable bonds is 3. The van der Waals surface area contributed by atoms with Crippen molar-refractivity contribution in [2.75, 3.05) is 13.1 Å². The van der Waals surface area contributed by atoms with Crippen LogP contribution >= 0.6 is 0 Å². The van der Waals surface area contributed by atoms with Crippen molar-refractivity contribution in [1.29, 1.82) is 0 Å². The van der Waals surface area contributed by atoms with Crippen LogP contribution in [0.1, 0.15) is 18.5 Å². The Bertz CT molecular complexity index is 1310. The van der Waals surface area contributed by atoms with Crippen molar-refractivity contribution in [1.82, 2.24) is 29.4 Å². The largest absolute Gasteiger partial charge is 0.344 e. The number of nitrogens with zero attached hydrogens (tertiary/aromatic N) is 5. The summed E-state index contributed by atoms with van der Waals surface area (Å²) in [6.45, 7) is 1.29. The van der Waals surface area contributed by atoms with E-state index in [0.29, 0.717) is 13.1 Å². The van der Waals surface area contributed by atoms with E-state index in [1.165, 1.54) is 0 Å². The predicted octanol–water partition coefficient (Wildman–Crippen LogP) is 3.15. The lowest BCUT2D eigenvalue weighted by Crippen LogP contribution is -2.30. The molecule has 7 nitrogen and oxygen atoms in total. The van der Waals surface area contributed by atoms with Gasteiger partial charge in [-0.3, -0.25) is 4.79 Å². The summed E-state index contributed by atoms with van der Waals surface area (Å²) in [5.74, 6) is 0.520. The molecule has 7 heteroatoms. The maximum atomic E-state index is 12.4. The lowest BCUT2D eigenvalue weighted by Gasteiger charge is -2.15. The number of aryl methyl sites for hydroxylation is 1. The van der Waals surface area contributed by atoms with E-state index in [9.17, 15) is 4.79 Å². The number of benzene rings is 1. The van der Waals surface area contributed by atoms with Gasteiger partial charge in [0.2, 0.25) is 5.91 Å². The number of amides is 1. The second kappa shape index (κ2) is 6.01. The van der Waals surface area contributed by atoms with Gasteiger partial charge < -0.3 is 14.5 Å². The fourth-order valence-electron chi connectivity index (χ4n) is 4.06. The Morgan fingerprint density at radius 1 is 1.24 bits per heavy atom. The van der Waals surface area contributed by atoms with E-state index in [0.717, 1.165) is 57.4 Å². The van der Waals surface area contributed by atoms with Crippen molar-refractivity contribution in [3.05, 3.63) is 48.7 Å². The summed E-state index contributed by atoms with van der Waals surface area (Å²) in [6, 6.07) is 6.23. The van der Waals surface area contributed by atoms with E-state index in [1.807, 2.05) is 35.1 Å². The molecule has 1 aliphatic heterocycles. The van der Waals surface area contributed by atoms with Crippen molar-refractivity contribution in [3.63, 3.8) is 0 Å². The van der Waals surface area contributed by atoms with Crippen molar-refractivity contribution in [3.8, 4) is 11.1 Å². The molecule has 0 atom stereocenters. The first-order valence-corrected chi connectivity index (χ1v) is 9.91. The van der Waals surface area contributed by atoms with Crippen LogP contribution in [-0.4, -0.2) is 48.4 Å². The van der Waals surface area contributed by atoms with Crippen LogP contribution in [0.15, 0.2) is 43.0 Å². The number of nitrogens with one attached hydrogen (secondary N) is 1.